The fourth-order valence-corrected chi connectivity index (χ4v) is 6.29. The maximum absolute atomic E-state index is 14.6. The lowest BCUT2D eigenvalue weighted by Gasteiger charge is -2.33. The Balaban J connectivity index is 1.47. The zero-order chi connectivity index (χ0) is 24.6. The van der Waals surface area contributed by atoms with E-state index < -0.39 is 6.04 Å². The number of rotatable bonds is 4. The summed E-state index contributed by atoms with van der Waals surface area (Å²) in [6, 6.07) is 24.8. The summed E-state index contributed by atoms with van der Waals surface area (Å²) in [5.74, 6) is -1.14. The van der Waals surface area contributed by atoms with E-state index in [1.165, 1.54) is 4.90 Å². The van der Waals surface area contributed by atoms with Crippen molar-refractivity contribution in [2.45, 2.75) is 51.0 Å². The molecule has 0 spiro atoms. The molecule has 3 aromatic rings. The van der Waals surface area contributed by atoms with E-state index in [9.17, 15) is 14.4 Å². The maximum Gasteiger partial charge on any atom is 0.255 e. The lowest BCUT2D eigenvalue weighted by Crippen LogP contribution is -2.51. The molecule has 0 N–H and O–H groups in total. The van der Waals surface area contributed by atoms with Crippen molar-refractivity contribution in [3.63, 3.8) is 0 Å². The summed E-state index contributed by atoms with van der Waals surface area (Å²) in [6.45, 7) is 0. The first-order valence-electron chi connectivity index (χ1n) is 13.0. The zero-order valence-corrected chi connectivity index (χ0v) is 20.3. The molecule has 3 aliphatic rings. The molecule has 1 saturated carbocycles. The summed E-state index contributed by atoms with van der Waals surface area (Å²) in [7, 11) is 0. The predicted octanol–water partition coefficient (Wildman–Crippen LogP) is 5.24. The maximum atomic E-state index is 14.6. The SMILES string of the molecule is O=C([C@@H](Cc1ccccc1)N1C(=O)[C@H]2CCCC[C@H]2C1=O)N1c2ccccc2CCc2ccccc21. The summed E-state index contributed by atoms with van der Waals surface area (Å²) in [5.41, 5.74) is 4.79. The van der Waals surface area contributed by atoms with E-state index in [1.54, 1.807) is 4.90 Å². The number of imide groups is 1. The van der Waals surface area contributed by atoms with Gasteiger partial charge in [-0.25, -0.2) is 0 Å². The second kappa shape index (κ2) is 9.38. The highest BCUT2D eigenvalue weighted by molar-refractivity contribution is 6.12. The Morgan fingerprint density at radius 1 is 0.722 bits per heavy atom. The largest absolute Gasteiger partial charge is 0.279 e. The Labute approximate surface area is 211 Å². The van der Waals surface area contributed by atoms with Crippen LogP contribution in [0.3, 0.4) is 0 Å². The number of likely N-dealkylation sites (tertiary alicyclic amines) is 1. The number of aryl methyl sites for hydroxylation is 2. The highest BCUT2D eigenvalue weighted by atomic mass is 16.2. The molecule has 2 aliphatic heterocycles. The second-order valence-electron chi connectivity index (χ2n) is 10.2. The van der Waals surface area contributed by atoms with Crippen molar-refractivity contribution in [2.24, 2.45) is 11.8 Å². The molecule has 0 aromatic heterocycles. The van der Waals surface area contributed by atoms with Gasteiger partial charge in [0.2, 0.25) is 11.8 Å². The minimum Gasteiger partial charge on any atom is -0.279 e. The van der Waals surface area contributed by atoms with Crippen LogP contribution >= 0.6 is 0 Å². The standard InChI is InChI=1S/C31H30N2O3/c34-29-24-14-6-7-15-25(24)30(35)33(29)28(20-21-10-2-1-3-11-21)31(36)32-26-16-8-4-12-22(26)18-19-23-13-5-9-17-27(23)32/h1-5,8-13,16-17,24-25,28H,6-7,14-15,18-20H2/t24-,25+,28-/m1/s1. The van der Waals surface area contributed by atoms with Gasteiger partial charge in [0.05, 0.1) is 23.2 Å². The van der Waals surface area contributed by atoms with Crippen molar-refractivity contribution in [3.8, 4) is 0 Å². The first kappa shape index (κ1) is 22.7. The summed E-state index contributed by atoms with van der Waals surface area (Å²) < 4.78 is 0. The van der Waals surface area contributed by atoms with Gasteiger partial charge in [-0.3, -0.25) is 24.2 Å². The van der Waals surface area contributed by atoms with Crippen LogP contribution in [0.15, 0.2) is 78.9 Å². The molecule has 3 atom stereocenters. The second-order valence-corrected chi connectivity index (χ2v) is 10.2. The normalized spacial score (nSPS) is 21.9. The number of carbonyl (C=O) groups excluding carboxylic acids is 3. The van der Waals surface area contributed by atoms with Gasteiger partial charge in [-0.15, -0.1) is 0 Å². The minimum absolute atomic E-state index is 0.171. The lowest BCUT2D eigenvalue weighted by atomic mass is 9.81. The van der Waals surface area contributed by atoms with E-state index in [4.69, 9.17) is 0 Å². The van der Waals surface area contributed by atoms with Crippen LogP contribution in [0, 0.1) is 11.8 Å². The summed E-state index contributed by atoms with van der Waals surface area (Å²) in [5, 5.41) is 0. The molecule has 0 bridgehead atoms. The van der Waals surface area contributed by atoms with E-state index in [2.05, 4.69) is 12.1 Å². The highest BCUT2D eigenvalue weighted by Gasteiger charge is 2.52. The third-order valence-corrected chi connectivity index (χ3v) is 8.09. The molecule has 2 fully saturated rings. The van der Waals surface area contributed by atoms with Gasteiger partial charge in [-0.2, -0.15) is 0 Å². The molecule has 1 aliphatic carbocycles. The quantitative estimate of drug-likeness (QED) is 0.482. The highest BCUT2D eigenvalue weighted by Crippen LogP contribution is 2.41. The molecule has 6 rings (SSSR count). The molecule has 182 valence electrons. The van der Waals surface area contributed by atoms with E-state index in [0.717, 1.165) is 66.6 Å². The summed E-state index contributed by atoms with van der Waals surface area (Å²) in [6.07, 6.45) is 5.33. The van der Waals surface area contributed by atoms with Gasteiger partial charge < -0.3 is 0 Å². The minimum atomic E-state index is -0.891. The van der Waals surface area contributed by atoms with Crippen molar-refractivity contribution in [1.82, 2.24) is 4.90 Å². The van der Waals surface area contributed by atoms with Crippen molar-refractivity contribution in [2.75, 3.05) is 4.90 Å². The monoisotopic (exact) mass is 478 g/mol. The van der Waals surface area contributed by atoms with Crippen LogP contribution < -0.4 is 4.90 Å². The van der Waals surface area contributed by atoms with Crippen molar-refractivity contribution >= 4 is 29.1 Å². The average Bonchev–Trinajstić information content (AvgIpc) is 3.07. The number of carbonyl (C=O) groups is 3. The first-order chi connectivity index (χ1) is 17.6. The van der Waals surface area contributed by atoms with Gasteiger partial charge in [0.25, 0.3) is 5.91 Å². The molecule has 5 heteroatoms. The first-order valence-corrected chi connectivity index (χ1v) is 13.0. The summed E-state index contributed by atoms with van der Waals surface area (Å²) in [4.78, 5) is 45.1. The van der Waals surface area contributed by atoms with Gasteiger partial charge in [0.15, 0.2) is 0 Å². The van der Waals surface area contributed by atoms with Gasteiger partial charge in [0, 0.05) is 6.42 Å². The Morgan fingerprint density at radius 3 is 1.78 bits per heavy atom. The molecule has 0 unspecified atom stereocenters. The number of para-hydroxylation sites is 2. The molecular weight excluding hydrogens is 448 g/mol. The fourth-order valence-electron chi connectivity index (χ4n) is 6.29. The molecule has 5 nitrogen and oxygen atoms in total. The van der Waals surface area contributed by atoms with Crippen LogP contribution in [0.5, 0.6) is 0 Å². The van der Waals surface area contributed by atoms with E-state index in [-0.39, 0.29) is 29.6 Å². The lowest BCUT2D eigenvalue weighted by molar-refractivity contribution is -0.147. The molecule has 0 radical (unpaired) electrons. The fraction of sp³-hybridized carbons (Fsp3) is 0.323. The number of nitrogens with zero attached hydrogens (tertiary/aromatic N) is 2. The van der Waals surface area contributed by atoms with Gasteiger partial charge >= 0.3 is 0 Å². The van der Waals surface area contributed by atoms with Gasteiger partial charge in [-0.05, 0) is 54.5 Å². The van der Waals surface area contributed by atoms with Crippen LogP contribution in [0.4, 0.5) is 11.4 Å². The number of fused-ring (bicyclic) bond motifs is 3. The Morgan fingerprint density at radius 2 is 1.22 bits per heavy atom. The number of hydrogen-bond acceptors (Lipinski definition) is 3. The Hall–Kier alpha value is -3.73. The number of benzene rings is 3. The molecule has 2 heterocycles. The number of anilines is 2. The predicted molar refractivity (Wildman–Crippen MR) is 139 cm³/mol. The van der Waals surface area contributed by atoms with Gasteiger partial charge in [0.1, 0.15) is 6.04 Å². The van der Waals surface area contributed by atoms with Crippen molar-refractivity contribution in [3.05, 3.63) is 95.6 Å². The summed E-state index contributed by atoms with van der Waals surface area (Å²) >= 11 is 0. The van der Waals surface area contributed by atoms with Crippen LogP contribution in [0.2, 0.25) is 0 Å². The van der Waals surface area contributed by atoms with Crippen molar-refractivity contribution in [1.29, 1.82) is 0 Å². The Bertz CT molecular complexity index is 1250. The van der Waals surface area contributed by atoms with E-state index >= 15 is 0 Å². The molecule has 3 aromatic carbocycles. The van der Waals surface area contributed by atoms with Crippen molar-refractivity contribution < 1.29 is 14.4 Å². The van der Waals surface area contributed by atoms with Gasteiger partial charge in [-0.1, -0.05) is 79.6 Å². The number of amides is 3. The third kappa shape index (κ3) is 3.83. The molecule has 36 heavy (non-hydrogen) atoms. The third-order valence-electron chi connectivity index (χ3n) is 8.09. The van der Waals surface area contributed by atoms with Crippen LogP contribution in [0.1, 0.15) is 42.4 Å². The molecule has 1 saturated heterocycles. The zero-order valence-electron chi connectivity index (χ0n) is 20.3. The smallest absolute Gasteiger partial charge is 0.255 e. The molecule has 3 amide bonds. The van der Waals surface area contributed by atoms with Crippen LogP contribution in [-0.2, 0) is 33.6 Å². The average molecular weight is 479 g/mol. The van der Waals surface area contributed by atoms with E-state index in [0.29, 0.717) is 6.42 Å². The van der Waals surface area contributed by atoms with Crippen LogP contribution in [0.25, 0.3) is 0 Å². The molecular formula is C31H30N2O3. The van der Waals surface area contributed by atoms with Crippen LogP contribution in [-0.4, -0.2) is 28.7 Å². The van der Waals surface area contributed by atoms with E-state index in [1.807, 2.05) is 66.7 Å². The Kier molecular flexibility index (Phi) is 5.92. The topological polar surface area (TPSA) is 57.7 Å². The number of hydrogen-bond donors (Lipinski definition) is 0.